The number of benzene rings is 2. The Balaban J connectivity index is 0.00000140. The number of likely N-dealkylation sites (N-methyl/N-ethyl adjacent to an activating group) is 1. The van der Waals surface area contributed by atoms with E-state index in [9.17, 15) is 0 Å². The van der Waals surface area contributed by atoms with Crippen molar-refractivity contribution in [2.45, 2.75) is 13.8 Å². The Bertz CT molecular complexity index is 1030. The van der Waals surface area contributed by atoms with Crippen molar-refractivity contribution >= 4 is 51.3 Å². The first-order valence-corrected chi connectivity index (χ1v) is 9.92. The molecule has 4 aromatic rings. The van der Waals surface area contributed by atoms with E-state index in [1.54, 1.807) is 11.3 Å². The van der Waals surface area contributed by atoms with E-state index >= 15 is 0 Å². The summed E-state index contributed by atoms with van der Waals surface area (Å²) in [4.78, 5) is 8.20. The quantitative estimate of drug-likeness (QED) is 0.366. The van der Waals surface area contributed by atoms with Crippen LogP contribution in [0, 0.1) is 0 Å². The molecule has 0 bridgehead atoms. The molecular weight excluding hydrogens is 413 g/mol. The minimum Gasteiger partial charge on any atom is -0.492 e. The van der Waals surface area contributed by atoms with Gasteiger partial charge in [0.25, 0.3) is 0 Å². The molecule has 2 aromatic carbocycles. The Labute approximate surface area is 182 Å². The van der Waals surface area contributed by atoms with E-state index in [0.717, 1.165) is 41.6 Å². The maximum absolute atomic E-state index is 5.95. The average Bonchev–Trinajstić information content (AvgIpc) is 3.23. The van der Waals surface area contributed by atoms with Crippen molar-refractivity contribution < 1.29 is 4.74 Å². The van der Waals surface area contributed by atoms with Crippen molar-refractivity contribution in [3.05, 3.63) is 54.7 Å². The minimum atomic E-state index is 0. The van der Waals surface area contributed by atoms with Gasteiger partial charge in [-0.3, -0.25) is 4.40 Å². The number of hydrogen-bond donors (Lipinski definition) is 0. The van der Waals surface area contributed by atoms with Crippen molar-refractivity contribution in [3.8, 4) is 17.0 Å². The van der Waals surface area contributed by atoms with Crippen LogP contribution in [0.15, 0.2) is 54.7 Å². The third-order valence-corrected chi connectivity index (χ3v) is 5.74. The third kappa shape index (κ3) is 4.61. The zero-order valence-corrected chi connectivity index (χ0v) is 18.4. The number of thiazole rings is 1. The van der Waals surface area contributed by atoms with Crippen molar-refractivity contribution in [3.63, 3.8) is 0 Å². The molecule has 4 rings (SSSR count). The fourth-order valence-electron chi connectivity index (χ4n) is 3.17. The Morgan fingerprint density at radius 1 is 1.04 bits per heavy atom. The molecule has 0 fully saturated rings. The zero-order chi connectivity index (χ0) is 17.9. The van der Waals surface area contributed by atoms with Crippen LogP contribution in [-0.2, 0) is 0 Å². The Kier molecular flexibility index (Phi) is 8.13. The molecule has 2 aromatic heterocycles. The van der Waals surface area contributed by atoms with Gasteiger partial charge in [0, 0.05) is 18.3 Å². The van der Waals surface area contributed by atoms with E-state index in [-0.39, 0.29) is 24.8 Å². The first-order chi connectivity index (χ1) is 12.8. The molecule has 28 heavy (non-hydrogen) atoms. The van der Waals surface area contributed by atoms with Gasteiger partial charge in [0.15, 0.2) is 4.96 Å². The summed E-state index contributed by atoms with van der Waals surface area (Å²) in [6.45, 7) is 8.12. The molecule has 2 heterocycles. The lowest BCUT2D eigenvalue weighted by atomic mass is 10.1. The van der Waals surface area contributed by atoms with E-state index < -0.39 is 0 Å². The largest absolute Gasteiger partial charge is 0.492 e. The maximum atomic E-state index is 5.95. The van der Waals surface area contributed by atoms with Gasteiger partial charge >= 0.3 is 0 Å². The van der Waals surface area contributed by atoms with Crippen LogP contribution in [0.5, 0.6) is 5.75 Å². The van der Waals surface area contributed by atoms with E-state index in [1.807, 2.05) is 12.1 Å². The number of ether oxygens (including phenoxy) is 1. The highest BCUT2D eigenvalue weighted by Crippen LogP contribution is 2.30. The second-order valence-corrected chi connectivity index (χ2v) is 7.26. The number of nitrogens with zero attached hydrogens (tertiary/aromatic N) is 3. The van der Waals surface area contributed by atoms with Gasteiger partial charge in [-0.25, -0.2) is 4.98 Å². The second kappa shape index (κ2) is 10.1. The van der Waals surface area contributed by atoms with Crippen LogP contribution < -0.4 is 4.74 Å². The van der Waals surface area contributed by atoms with Gasteiger partial charge in [0.1, 0.15) is 12.4 Å². The summed E-state index contributed by atoms with van der Waals surface area (Å²) in [5, 5.41) is 0. The predicted molar refractivity (Wildman–Crippen MR) is 124 cm³/mol. The predicted octanol–water partition coefficient (Wildman–Crippen LogP) is 5.78. The second-order valence-electron chi connectivity index (χ2n) is 6.25. The molecule has 0 saturated carbocycles. The third-order valence-electron chi connectivity index (χ3n) is 4.70. The van der Waals surface area contributed by atoms with Gasteiger partial charge in [-0.15, -0.1) is 24.8 Å². The lowest BCUT2D eigenvalue weighted by Gasteiger charge is -2.18. The van der Waals surface area contributed by atoms with E-state index in [2.05, 4.69) is 65.7 Å². The molecular formula is C21H25Cl2N3OS. The number of imidazole rings is 1. The summed E-state index contributed by atoms with van der Waals surface area (Å²) < 4.78 is 9.38. The zero-order valence-electron chi connectivity index (χ0n) is 16.0. The minimum absolute atomic E-state index is 0. The van der Waals surface area contributed by atoms with Gasteiger partial charge in [0.05, 0.1) is 15.9 Å². The van der Waals surface area contributed by atoms with Gasteiger partial charge in [-0.2, -0.15) is 0 Å². The lowest BCUT2D eigenvalue weighted by Crippen LogP contribution is -2.27. The summed E-state index contributed by atoms with van der Waals surface area (Å²) >= 11 is 1.72. The van der Waals surface area contributed by atoms with Crippen LogP contribution in [0.2, 0.25) is 0 Å². The first kappa shape index (κ1) is 22.5. The molecule has 0 radical (unpaired) electrons. The SMILES string of the molecule is CCN(CC)CCOc1cccc(-c2cn3c(n2)sc2ccccc23)c1.Cl.Cl. The topological polar surface area (TPSA) is 29.8 Å². The Hall–Kier alpha value is -1.79. The highest BCUT2D eigenvalue weighted by atomic mass is 35.5. The molecule has 0 saturated heterocycles. The normalized spacial score (nSPS) is 10.8. The van der Waals surface area contributed by atoms with E-state index in [1.165, 1.54) is 10.2 Å². The van der Waals surface area contributed by atoms with Gasteiger partial charge in [0.2, 0.25) is 0 Å². The lowest BCUT2D eigenvalue weighted by molar-refractivity contribution is 0.223. The van der Waals surface area contributed by atoms with Crippen molar-refractivity contribution in [2.24, 2.45) is 0 Å². The van der Waals surface area contributed by atoms with Crippen LogP contribution in [0.3, 0.4) is 0 Å². The highest BCUT2D eigenvalue weighted by molar-refractivity contribution is 7.23. The molecule has 4 nitrogen and oxygen atoms in total. The number of halogens is 2. The smallest absolute Gasteiger partial charge is 0.195 e. The molecule has 0 atom stereocenters. The molecule has 0 aliphatic heterocycles. The summed E-state index contributed by atoms with van der Waals surface area (Å²) in [7, 11) is 0. The first-order valence-electron chi connectivity index (χ1n) is 9.10. The summed E-state index contributed by atoms with van der Waals surface area (Å²) in [6, 6.07) is 16.6. The fourth-order valence-corrected chi connectivity index (χ4v) is 4.17. The van der Waals surface area contributed by atoms with Crippen molar-refractivity contribution in [1.29, 1.82) is 0 Å². The molecule has 0 amide bonds. The Morgan fingerprint density at radius 3 is 2.61 bits per heavy atom. The average molecular weight is 438 g/mol. The molecule has 0 N–H and O–H groups in total. The summed E-state index contributed by atoms with van der Waals surface area (Å²) in [5.74, 6) is 0.899. The van der Waals surface area contributed by atoms with Crippen LogP contribution in [0.25, 0.3) is 26.4 Å². The fraction of sp³-hybridized carbons (Fsp3) is 0.286. The standard InChI is InChI=1S/C21H23N3OS.2ClH/c1-3-23(4-2)12-13-25-17-9-7-8-16(14-17)18-15-24-19-10-5-6-11-20(19)26-21(24)22-18;;/h5-11,14-15H,3-4,12-13H2,1-2H3;2*1H. The Morgan fingerprint density at radius 2 is 1.82 bits per heavy atom. The van der Waals surface area contributed by atoms with Gasteiger partial charge in [-0.05, 0) is 37.4 Å². The molecule has 0 aliphatic carbocycles. The van der Waals surface area contributed by atoms with Crippen molar-refractivity contribution in [2.75, 3.05) is 26.2 Å². The highest BCUT2D eigenvalue weighted by Gasteiger charge is 2.10. The number of hydrogen-bond acceptors (Lipinski definition) is 4. The van der Waals surface area contributed by atoms with Crippen LogP contribution in [0.1, 0.15) is 13.8 Å². The summed E-state index contributed by atoms with van der Waals surface area (Å²) in [6.07, 6.45) is 2.11. The van der Waals surface area contributed by atoms with E-state index in [4.69, 9.17) is 9.72 Å². The monoisotopic (exact) mass is 437 g/mol. The van der Waals surface area contributed by atoms with Crippen molar-refractivity contribution in [1.82, 2.24) is 14.3 Å². The van der Waals surface area contributed by atoms with Crippen LogP contribution in [-0.4, -0.2) is 40.5 Å². The number of aromatic nitrogens is 2. The van der Waals surface area contributed by atoms with Crippen LogP contribution in [0.4, 0.5) is 0 Å². The molecule has 0 spiro atoms. The molecule has 7 heteroatoms. The maximum Gasteiger partial charge on any atom is 0.195 e. The number of para-hydroxylation sites is 1. The van der Waals surface area contributed by atoms with Crippen LogP contribution >= 0.6 is 36.2 Å². The van der Waals surface area contributed by atoms with Gasteiger partial charge < -0.3 is 9.64 Å². The molecule has 150 valence electrons. The van der Waals surface area contributed by atoms with Gasteiger partial charge in [-0.1, -0.05) is 49.4 Å². The number of fused-ring (bicyclic) bond motifs is 3. The number of rotatable bonds is 7. The summed E-state index contributed by atoms with van der Waals surface area (Å²) in [5.41, 5.74) is 3.28. The van der Waals surface area contributed by atoms with E-state index in [0.29, 0.717) is 6.61 Å². The molecule has 0 unspecified atom stereocenters. The molecule has 0 aliphatic rings.